The zero-order valence-electron chi connectivity index (χ0n) is 17.4. The van der Waals surface area contributed by atoms with Crippen LogP contribution in [0.2, 0.25) is 5.28 Å². The predicted octanol–water partition coefficient (Wildman–Crippen LogP) is 1.99. The molecule has 162 valence electrons. The quantitative estimate of drug-likeness (QED) is 0.619. The minimum absolute atomic E-state index is 0.0133. The van der Waals surface area contributed by atoms with Crippen LogP contribution in [-0.2, 0) is 6.61 Å². The number of aryl methyl sites for hydroxylation is 1. The molecular formula is C20H23ClN8O2. The smallest absolute Gasteiger partial charge is 0.230 e. The number of benzene rings is 1. The Hall–Kier alpha value is -3.11. The lowest BCUT2D eigenvalue weighted by atomic mass is 10.1. The van der Waals surface area contributed by atoms with E-state index in [-0.39, 0.29) is 35.5 Å². The topological polar surface area (TPSA) is 124 Å². The normalized spacial score (nSPS) is 19.0. The summed E-state index contributed by atoms with van der Waals surface area (Å²) in [6, 6.07) is 7.00. The number of nitrogens with zero attached hydrogens (tertiary/aromatic N) is 8. The number of halogens is 1. The van der Waals surface area contributed by atoms with Crippen LogP contribution in [0.15, 0.2) is 24.3 Å². The number of para-hydroxylation sites is 1. The van der Waals surface area contributed by atoms with Crippen molar-refractivity contribution in [1.29, 1.82) is 0 Å². The first-order chi connectivity index (χ1) is 14.9. The van der Waals surface area contributed by atoms with Crippen molar-refractivity contribution in [2.45, 2.75) is 39.5 Å². The molecule has 3 heterocycles. The standard InChI is InChI=1S/C20H23ClN8O2/c1-11-8-28(9-12(2)29(11)20-25-16(10-30)24-18(21)27-20)19-23-13(3)22-17(26-19)14-6-4-5-7-15(14)31/h4-7,11-12,30-31H,8-10H2,1-3H3. The summed E-state index contributed by atoms with van der Waals surface area (Å²) >= 11 is 6.02. The summed E-state index contributed by atoms with van der Waals surface area (Å²) in [6.07, 6.45) is 0. The Morgan fingerprint density at radius 3 is 2.35 bits per heavy atom. The number of piperazine rings is 1. The molecule has 0 amide bonds. The van der Waals surface area contributed by atoms with Gasteiger partial charge in [0, 0.05) is 25.2 Å². The van der Waals surface area contributed by atoms with Gasteiger partial charge in [0.05, 0.1) is 5.56 Å². The lowest BCUT2D eigenvalue weighted by molar-refractivity contribution is 0.270. The van der Waals surface area contributed by atoms with Crippen molar-refractivity contribution in [1.82, 2.24) is 29.9 Å². The summed E-state index contributed by atoms with van der Waals surface area (Å²) in [7, 11) is 0. The molecule has 0 aliphatic carbocycles. The average Bonchev–Trinajstić information content (AvgIpc) is 2.72. The van der Waals surface area contributed by atoms with Crippen LogP contribution in [-0.4, -0.2) is 65.3 Å². The van der Waals surface area contributed by atoms with Crippen LogP contribution in [0.25, 0.3) is 11.4 Å². The van der Waals surface area contributed by atoms with Crippen LogP contribution in [0.5, 0.6) is 5.75 Å². The molecule has 1 fully saturated rings. The Kier molecular flexibility index (Phi) is 5.84. The molecule has 2 N–H and O–H groups in total. The lowest BCUT2D eigenvalue weighted by Gasteiger charge is -2.44. The van der Waals surface area contributed by atoms with Gasteiger partial charge in [-0.15, -0.1) is 0 Å². The summed E-state index contributed by atoms with van der Waals surface area (Å²) in [4.78, 5) is 30.2. The number of hydrogen-bond donors (Lipinski definition) is 2. The molecule has 1 saturated heterocycles. The highest BCUT2D eigenvalue weighted by Gasteiger charge is 2.33. The summed E-state index contributed by atoms with van der Waals surface area (Å²) in [5.74, 6) is 2.34. The minimum atomic E-state index is -0.308. The zero-order valence-corrected chi connectivity index (χ0v) is 18.2. The van der Waals surface area contributed by atoms with Crippen LogP contribution in [0.3, 0.4) is 0 Å². The molecule has 1 aromatic carbocycles. The van der Waals surface area contributed by atoms with Gasteiger partial charge in [0.15, 0.2) is 11.6 Å². The van der Waals surface area contributed by atoms with Gasteiger partial charge in [-0.05, 0) is 44.5 Å². The molecule has 0 bridgehead atoms. The molecule has 2 unspecified atom stereocenters. The SMILES string of the molecule is Cc1nc(-c2ccccc2O)nc(N2CC(C)N(c3nc(Cl)nc(CO)n3)C(C)C2)n1. The maximum absolute atomic E-state index is 10.2. The first-order valence-electron chi connectivity index (χ1n) is 9.91. The molecule has 31 heavy (non-hydrogen) atoms. The summed E-state index contributed by atoms with van der Waals surface area (Å²) in [6.45, 7) is 6.84. The Bertz CT molecular complexity index is 1090. The van der Waals surface area contributed by atoms with Crippen molar-refractivity contribution in [3.63, 3.8) is 0 Å². The van der Waals surface area contributed by atoms with E-state index in [0.717, 1.165) is 0 Å². The Morgan fingerprint density at radius 1 is 0.968 bits per heavy atom. The predicted molar refractivity (Wildman–Crippen MR) is 116 cm³/mol. The molecule has 4 rings (SSSR count). The number of aromatic hydroxyl groups is 1. The largest absolute Gasteiger partial charge is 0.507 e. The fraction of sp³-hybridized carbons (Fsp3) is 0.400. The number of aliphatic hydroxyl groups is 1. The Balaban J connectivity index is 1.63. The van der Waals surface area contributed by atoms with E-state index in [2.05, 4.69) is 53.6 Å². The molecule has 1 aliphatic heterocycles. The fourth-order valence-electron chi connectivity index (χ4n) is 3.84. The number of rotatable bonds is 4. The maximum Gasteiger partial charge on any atom is 0.230 e. The first kappa shape index (κ1) is 21.1. The number of hydrogen-bond acceptors (Lipinski definition) is 10. The van der Waals surface area contributed by atoms with Crippen molar-refractivity contribution in [3.05, 3.63) is 41.2 Å². The van der Waals surface area contributed by atoms with Crippen LogP contribution in [0.4, 0.5) is 11.9 Å². The molecule has 0 saturated carbocycles. The number of aromatic nitrogens is 6. The van der Waals surface area contributed by atoms with Crippen LogP contribution >= 0.6 is 11.6 Å². The van der Waals surface area contributed by atoms with Crippen molar-refractivity contribution < 1.29 is 10.2 Å². The van der Waals surface area contributed by atoms with Crippen LogP contribution in [0.1, 0.15) is 25.5 Å². The van der Waals surface area contributed by atoms with Crippen molar-refractivity contribution in [2.75, 3.05) is 22.9 Å². The second-order valence-corrected chi connectivity index (χ2v) is 7.85. The third-order valence-corrected chi connectivity index (χ3v) is 5.27. The van der Waals surface area contributed by atoms with E-state index in [0.29, 0.717) is 42.2 Å². The molecular weight excluding hydrogens is 420 g/mol. The van der Waals surface area contributed by atoms with E-state index in [1.54, 1.807) is 25.1 Å². The van der Waals surface area contributed by atoms with Gasteiger partial charge in [-0.25, -0.2) is 9.97 Å². The Labute approximate surface area is 184 Å². The van der Waals surface area contributed by atoms with Crippen molar-refractivity contribution in [2.24, 2.45) is 0 Å². The third-order valence-electron chi connectivity index (χ3n) is 5.10. The number of anilines is 2. The molecule has 0 radical (unpaired) electrons. The number of phenolic OH excluding ortho intramolecular Hbond substituents is 1. The van der Waals surface area contributed by atoms with Gasteiger partial charge >= 0.3 is 0 Å². The van der Waals surface area contributed by atoms with E-state index in [1.807, 2.05) is 6.07 Å². The minimum Gasteiger partial charge on any atom is -0.507 e. The fourth-order valence-corrected chi connectivity index (χ4v) is 4.01. The molecule has 3 aromatic rings. The first-order valence-corrected chi connectivity index (χ1v) is 10.3. The molecule has 0 spiro atoms. The highest BCUT2D eigenvalue weighted by molar-refractivity contribution is 6.28. The van der Waals surface area contributed by atoms with E-state index < -0.39 is 0 Å². The second-order valence-electron chi connectivity index (χ2n) is 7.51. The molecule has 2 aromatic heterocycles. The second kappa shape index (κ2) is 8.56. The van der Waals surface area contributed by atoms with Gasteiger partial charge in [0.2, 0.25) is 17.2 Å². The van der Waals surface area contributed by atoms with Crippen LogP contribution < -0.4 is 9.80 Å². The highest BCUT2D eigenvalue weighted by atomic mass is 35.5. The van der Waals surface area contributed by atoms with Gasteiger partial charge < -0.3 is 20.0 Å². The molecule has 2 atom stereocenters. The average molecular weight is 443 g/mol. The molecule has 10 nitrogen and oxygen atoms in total. The highest BCUT2D eigenvalue weighted by Crippen LogP contribution is 2.29. The van der Waals surface area contributed by atoms with Crippen LogP contribution in [0, 0.1) is 6.92 Å². The number of phenols is 1. The lowest BCUT2D eigenvalue weighted by Crippen LogP contribution is -2.58. The van der Waals surface area contributed by atoms with E-state index in [9.17, 15) is 10.2 Å². The van der Waals surface area contributed by atoms with Gasteiger partial charge in [0.25, 0.3) is 0 Å². The zero-order chi connectivity index (χ0) is 22.1. The number of aliphatic hydroxyl groups excluding tert-OH is 1. The summed E-state index contributed by atoms with van der Waals surface area (Å²) < 4.78 is 0. The monoisotopic (exact) mass is 442 g/mol. The maximum atomic E-state index is 10.2. The summed E-state index contributed by atoms with van der Waals surface area (Å²) in [5, 5.41) is 19.6. The van der Waals surface area contributed by atoms with E-state index >= 15 is 0 Å². The Morgan fingerprint density at radius 2 is 1.68 bits per heavy atom. The molecule has 11 heteroatoms. The van der Waals surface area contributed by atoms with Gasteiger partial charge in [-0.1, -0.05) is 12.1 Å². The molecule has 1 aliphatic rings. The van der Waals surface area contributed by atoms with Crippen molar-refractivity contribution in [3.8, 4) is 17.1 Å². The van der Waals surface area contributed by atoms with Gasteiger partial charge in [-0.3, -0.25) is 0 Å². The van der Waals surface area contributed by atoms with E-state index in [4.69, 9.17) is 11.6 Å². The summed E-state index contributed by atoms with van der Waals surface area (Å²) in [5.41, 5.74) is 0.561. The van der Waals surface area contributed by atoms with E-state index in [1.165, 1.54) is 0 Å². The third kappa shape index (κ3) is 4.35. The van der Waals surface area contributed by atoms with Crippen molar-refractivity contribution >= 4 is 23.5 Å². The van der Waals surface area contributed by atoms with Gasteiger partial charge in [-0.2, -0.15) is 19.9 Å². The van der Waals surface area contributed by atoms with Gasteiger partial charge in [0.1, 0.15) is 18.2 Å².